The topological polar surface area (TPSA) is 61.8 Å². The van der Waals surface area contributed by atoms with Gasteiger partial charge in [-0.1, -0.05) is 6.07 Å². The number of methoxy groups -OCH3 is 1. The second-order valence-corrected chi connectivity index (χ2v) is 5.24. The molecule has 0 saturated heterocycles. The van der Waals surface area contributed by atoms with Crippen LogP contribution in [0, 0.1) is 0 Å². The first-order chi connectivity index (χ1) is 9.60. The number of carbonyl (C=O) groups is 1. The first kappa shape index (κ1) is 14.7. The maximum atomic E-state index is 11.2. The average molecular weight is 278 g/mol. The summed E-state index contributed by atoms with van der Waals surface area (Å²) in [4.78, 5) is 13.3. The minimum absolute atomic E-state index is 0.401. The Labute approximate surface area is 119 Å². The van der Waals surface area contributed by atoms with Crippen LogP contribution < -0.4 is 15.0 Å². The van der Waals surface area contributed by atoms with Gasteiger partial charge in [0.05, 0.1) is 7.11 Å². The van der Waals surface area contributed by atoms with Crippen molar-refractivity contribution in [2.75, 3.05) is 25.6 Å². The molecule has 1 fully saturated rings. The van der Waals surface area contributed by atoms with Crippen LogP contribution in [0.5, 0.6) is 5.75 Å². The van der Waals surface area contributed by atoms with Crippen LogP contribution in [0.3, 0.4) is 0 Å². The number of aliphatic carboxylic acids is 1. The molecule has 0 heterocycles. The van der Waals surface area contributed by atoms with Gasteiger partial charge in [0.1, 0.15) is 11.8 Å². The molecule has 1 aliphatic carbocycles. The van der Waals surface area contributed by atoms with Gasteiger partial charge < -0.3 is 20.1 Å². The van der Waals surface area contributed by atoms with Gasteiger partial charge in [-0.3, -0.25) is 4.79 Å². The van der Waals surface area contributed by atoms with Crippen molar-refractivity contribution < 1.29 is 14.6 Å². The van der Waals surface area contributed by atoms with Crippen LogP contribution in [0.2, 0.25) is 0 Å². The molecular weight excluding hydrogens is 256 g/mol. The lowest BCUT2D eigenvalue weighted by atomic mass is 10.2. The van der Waals surface area contributed by atoms with Gasteiger partial charge in [0.25, 0.3) is 0 Å². The molecule has 2 rings (SSSR count). The van der Waals surface area contributed by atoms with Gasteiger partial charge >= 0.3 is 5.97 Å². The summed E-state index contributed by atoms with van der Waals surface area (Å²) >= 11 is 0. The van der Waals surface area contributed by atoms with Gasteiger partial charge in [-0.25, -0.2) is 0 Å². The summed E-state index contributed by atoms with van der Waals surface area (Å²) in [6, 6.07) is 7.71. The van der Waals surface area contributed by atoms with E-state index in [9.17, 15) is 9.90 Å². The van der Waals surface area contributed by atoms with E-state index in [1.807, 2.05) is 36.2 Å². The third kappa shape index (κ3) is 4.13. The highest BCUT2D eigenvalue weighted by Crippen LogP contribution is 2.22. The number of benzene rings is 1. The van der Waals surface area contributed by atoms with Crippen LogP contribution in [0.4, 0.5) is 5.69 Å². The number of nitrogens with zero attached hydrogens (tertiary/aromatic N) is 1. The Bertz CT molecular complexity index is 460. The Morgan fingerprint density at radius 3 is 2.90 bits per heavy atom. The molecule has 20 heavy (non-hydrogen) atoms. The van der Waals surface area contributed by atoms with Gasteiger partial charge in [-0.05, 0) is 31.4 Å². The van der Waals surface area contributed by atoms with E-state index < -0.39 is 12.0 Å². The number of rotatable bonds is 8. The molecule has 1 atom stereocenters. The maximum Gasteiger partial charge on any atom is 0.320 e. The van der Waals surface area contributed by atoms with E-state index in [2.05, 4.69) is 5.32 Å². The Morgan fingerprint density at radius 2 is 2.30 bits per heavy atom. The second kappa shape index (κ2) is 6.61. The van der Waals surface area contributed by atoms with Gasteiger partial charge in [0.15, 0.2) is 0 Å². The third-order valence-corrected chi connectivity index (χ3v) is 3.56. The van der Waals surface area contributed by atoms with E-state index in [-0.39, 0.29) is 0 Å². The summed E-state index contributed by atoms with van der Waals surface area (Å²) in [6.45, 7) is 0.684. The zero-order valence-electron chi connectivity index (χ0n) is 12.0. The number of hydrogen-bond acceptors (Lipinski definition) is 4. The Balaban J connectivity index is 1.88. The van der Waals surface area contributed by atoms with Crippen molar-refractivity contribution in [1.29, 1.82) is 0 Å². The van der Waals surface area contributed by atoms with Gasteiger partial charge in [0.2, 0.25) is 0 Å². The fraction of sp³-hybridized carbons (Fsp3) is 0.533. The van der Waals surface area contributed by atoms with Gasteiger partial charge in [0, 0.05) is 31.4 Å². The zero-order valence-corrected chi connectivity index (χ0v) is 12.0. The summed E-state index contributed by atoms with van der Waals surface area (Å²) in [7, 11) is 3.60. The maximum absolute atomic E-state index is 11.2. The lowest BCUT2D eigenvalue weighted by Crippen LogP contribution is -2.40. The summed E-state index contributed by atoms with van der Waals surface area (Å²) in [5, 5.41) is 12.4. The monoisotopic (exact) mass is 278 g/mol. The molecule has 1 unspecified atom stereocenters. The van der Waals surface area contributed by atoms with E-state index in [0.717, 1.165) is 24.3 Å². The SMILES string of the molecule is COc1cccc(N(C)CCC(NC2CC2)C(=O)O)c1. The van der Waals surface area contributed by atoms with Crippen LogP contribution in [-0.2, 0) is 4.79 Å². The molecule has 0 aliphatic heterocycles. The molecule has 1 saturated carbocycles. The molecule has 0 radical (unpaired) electrons. The number of ether oxygens (including phenoxy) is 1. The molecule has 5 nitrogen and oxygen atoms in total. The van der Waals surface area contributed by atoms with Crippen molar-refractivity contribution in [2.45, 2.75) is 31.3 Å². The molecular formula is C15H22N2O3. The Kier molecular flexibility index (Phi) is 4.84. The first-order valence-electron chi connectivity index (χ1n) is 6.94. The lowest BCUT2D eigenvalue weighted by Gasteiger charge is -2.22. The highest BCUT2D eigenvalue weighted by Gasteiger charge is 2.28. The Hall–Kier alpha value is -1.75. The van der Waals surface area contributed by atoms with Crippen molar-refractivity contribution >= 4 is 11.7 Å². The van der Waals surface area contributed by atoms with Crippen molar-refractivity contribution in [3.05, 3.63) is 24.3 Å². The molecule has 5 heteroatoms. The predicted molar refractivity (Wildman–Crippen MR) is 78.5 cm³/mol. The van der Waals surface area contributed by atoms with Crippen molar-refractivity contribution in [3.63, 3.8) is 0 Å². The molecule has 1 aromatic carbocycles. The summed E-state index contributed by atoms with van der Waals surface area (Å²) < 4.78 is 5.20. The molecule has 0 amide bonds. The highest BCUT2D eigenvalue weighted by molar-refractivity contribution is 5.73. The van der Waals surface area contributed by atoms with E-state index in [0.29, 0.717) is 19.0 Å². The smallest absolute Gasteiger partial charge is 0.320 e. The van der Waals surface area contributed by atoms with E-state index in [1.165, 1.54) is 0 Å². The standard InChI is InChI=1S/C15H22N2O3/c1-17(12-4-3-5-13(10-12)20-2)9-8-14(15(18)19)16-11-6-7-11/h3-5,10-11,14,16H,6-9H2,1-2H3,(H,18,19). The largest absolute Gasteiger partial charge is 0.497 e. The van der Waals surface area contributed by atoms with Gasteiger partial charge in [-0.15, -0.1) is 0 Å². The average Bonchev–Trinajstić information content (AvgIpc) is 3.26. The second-order valence-electron chi connectivity index (χ2n) is 5.24. The van der Waals surface area contributed by atoms with E-state index >= 15 is 0 Å². The van der Waals surface area contributed by atoms with Crippen LogP contribution in [0.1, 0.15) is 19.3 Å². The first-order valence-corrected chi connectivity index (χ1v) is 6.94. The molecule has 1 aromatic rings. The van der Waals surface area contributed by atoms with E-state index in [4.69, 9.17) is 4.74 Å². The fourth-order valence-electron chi connectivity index (χ4n) is 2.11. The van der Waals surface area contributed by atoms with Gasteiger partial charge in [-0.2, -0.15) is 0 Å². The molecule has 1 aliphatic rings. The molecule has 0 spiro atoms. The molecule has 110 valence electrons. The molecule has 0 aromatic heterocycles. The lowest BCUT2D eigenvalue weighted by molar-refractivity contribution is -0.139. The summed E-state index contributed by atoms with van der Waals surface area (Å²) in [5.74, 6) is 0.0381. The van der Waals surface area contributed by atoms with Crippen LogP contribution >= 0.6 is 0 Å². The van der Waals surface area contributed by atoms with Crippen molar-refractivity contribution in [1.82, 2.24) is 5.32 Å². The van der Waals surface area contributed by atoms with Crippen LogP contribution in [-0.4, -0.2) is 43.9 Å². The van der Waals surface area contributed by atoms with E-state index in [1.54, 1.807) is 7.11 Å². The highest BCUT2D eigenvalue weighted by atomic mass is 16.5. The minimum atomic E-state index is -0.768. The summed E-state index contributed by atoms with van der Waals surface area (Å²) in [6.07, 6.45) is 2.77. The summed E-state index contributed by atoms with van der Waals surface area (Å²) in [5.41, 5.74) is 1.03. The van der Waals surface area contributed by atoms with Crippen molar-refractivity contribution in [2.24, 2.45) is 0 Å². The normalized spacial score (nSPS) is 15.7. The zero-order chi connectivity index (χ0) is 14.5. The van der Waals surface area contributed by atoms with Crippen molar-refractivity contribution in [3.8, 4) is 5.75 Å². The quantitative estimate of drug-likeness (QED) is 0.758. The number of nitrogens with one attached hydrogen (secondary N) is 1. The van der Waals surface area contributed by atoms with Crippen LogP contribution in [0.25, 0.3) is 0 Å². The number of anilines is 1. The Morgan fingerprint density at radius 1 is 1.55 bits per heavy atom. The molecule has 0 bridgehead atoms. The number of carboxylic acid groups (broad SMARTS) is 1. The number of hydrogen-bond donors (Lipinski definition) is 2. The minimum Gasteiger partial charge on any atom is -0.497 e. The molecule has 2 N–H and O–H groups in total. The predicted octanol–water partition coefficient (Wildman–Crippen LogP) is 1.73. The van der Waals surface area contributed by atoms with Crippen LogP contribution in [0.15, 0.2) is 24.3 Å². The fourth-order valence-corrected chi connectivity index (χ4v) is 2.11. The third-order valence-electron chi connectivity index (χ3n) is 3.56. The number of carboxylic acids is 1.